The van der Waals surface area contributed by atoms with Crippen molar-refractivity contribution in [3.05, 3.63) is 49.2 Å². The normalized spacial score (nSPS) is 15.1. The van der Waals surface area contributed by atoms with Crippen molar-refractivity contribution in [1.29, 1.82) is 0 Å². The van der Waals surface area contributed by atoms with Crippen LogP contribution in [0.3, 0.4) is 0 Å². The predicted octanol–water partition coefficient (Wildman–Crippen LogP) is 2.90. The highest BCUT2D eigenvalue weighted by atomic mass is 15.3. The first-order valence-electron chi connectivity index (χ1n) is 10.6. The van der Waals surface area contributed by atoms with E-state index >= 15 is 0 Å². The van der Waals surface area contributed by atoms with Crippen LogP contribution in [0.2, 0.25) is 0 Å². The molecule has 5 aromatic rings. The van der Waals surface area contributed by atoms with Crippen LogP contribution in [-0.2, 0) is 0 Å². The van der Waals surface area contributed by atoms with Gasteiger partial charge in [-0.15, -0.1) is 0 Å². The summed E-state index contributed by atoms with van der Waals surface area (Å²) in [4.78, 5) is 21.5. The van der Waals surface area contributed by atoms with Gasteiger partial charge in [-0.05, 0) is 25.2 Å². The molecule has 0 amide bonds. The average Bonchev–Trinajstić information content (AvgIpc) is 3.43. The zero-order valence-corrected chi connectivity index (χ0v) is 17.7. The number of pyridine rings is 3. The summed E-state index contributed by atoms with van der Waals surface area (Å²) >= 11 is 0. The van der Waals surface area contributed by atoms with Crippen LogP contribution in [0, 0.1) is 0 Å². The van der Waals surface area contributed by atoms with Crippen molar-refractivity contribution in [2.45, 2.75) is 0 Å². The lowest BCUT2D eigenvalue weighted by Gasteiger charge is -2.34. The van der Waals surface area contributed by atoms with Crippen molar-refractivity contribution < 1.29 is 0 Å². The topological polar surface area (TPSA) is 116 Å². The number of likely N-dealkylation sites (N-methyl/N-ethyl adjacent to an activating group) is 1. The van der Waals surface area contributed by atoms with Gasteiger partial charge >= 0.3 is 0 Å². The first kappa shape index (κ1) is 18.8. The van der Waals surface area contributed by atoms with Crippen LogP contribution in [0.4, 0.5) is 11.4 Å². The van der Waals surface area contributed by atoms with Gasteiger partial charge in [0.15, 0.2) is 0 Å². The van der Waals surface area contributed by atoms with E-state index < -0.39 is 0 Å². The first-order valence-corrected chi connectivity index (χ1v) is 10.6. The Morgan fingerprint density at radius 2 is 1.72 bits per heavy atom. The monoisotopic (exact) mass is 425 g/mol. The Kier molecular flexibility index (Phi) is 4.29. The molecule has 1 fully saturated rings. The number of nitrogens with one attached hydrogen (secondary N) is 2. The smallest absolute Gasteiger partial charge is 0.116 e. The molecule has 0 aliphatic carbocycles. The summed E-state index contributed by atoms with van der Waals surface area (Å²) < 4.78 is 0. The summed E-state index contributed by atoms with van der Waals surface area (Å²) in [6.45, 7) is 4.08. The molecule has 1 aliphatic rings. The molecule has 0 atom stereocenters. The molecule has 0 radical (unpaired) electrons. The molecule has 9 nitrogen and oxygen atoms in total. The van der Waals surface area contributed by atoms with Crippen LogP contribution >= 0.6 is 0 Å². The zero-order chi connectivity index (χ0) is 21.7. The molecule has 1 saturated heterocycles. The molecule has 0 saturated carbocycles. The summed E-state index contributed by atoms with van der Waals surface area (Å²) in [6, 6.07) is 6.07. The summed E-state index contributed by atoms with van der Waals surface area (Å²) in [5, 5.41) is 9.83. The van der Waals surface area contributed by atoms with E-state index in [-0.39, 0.29) is 0 Å². The lowest BCUT2D eigenvalue weighted by atomic mass is 10.1. The number of fused-ring (bicyclic) bond motifs is 2. The van der Waals surface area contributed by atoms with Crippen molar-refractivity contribution in [2.24, 2.45) is 0 Å². The molecule has 9 heteroatoms. The van der Waals surface area contributed by atoms with Crippen LogP contribution in [0.5, 0.6) is 0 Å². The van der Waals surface area contributed by atoms with E-state index in [1.807, 2.05) is 24.5 Å². The van der Waals surface area contributed by atoms with E-state index in [1.165, 1.54) is 0 Å². The highest BCUT2D eigenvalue weighted by molar-refractivity contribution is 6.00. The summed E-state index contributed by atoms with van der Waals surface area (Å²) in [5.74, 6) is 0. The number of hydrogen-bond donors (Lipinski definition) is 3. The van der Waals surface area contributed by atoms with Crippen LogP contribution in [0.25, 0.3) is 44.5 Å². The molecule has 6 heterocycles. The number of H-pyrrole nitrogens is 2. The second kappa shape index (κ2) is 7.31. The Balaban J connectivity index is 1.44. The maximum absolute atomic E-state index is 5.91. The zero-order valence-electron chi connectivity index (χ0n) is 17.7. The summed E-state index contributed by atoms with van der Waals surface area (Å²) in [5.41, 5.74) is 13.0. The molecule has 160 valence electrons. The molecule has 0 unspecified atom stereocenters. The molecule has 0 aromatic carbocycles. The SMILES string of the molecule is CN1CCN(c2cncc3[nH]c(-c4n[nH]c5cnc(-c6cncc(N)c6)cc45)cc23)CC1. The van der Waals surface area contributed by atoms with Gasteiger partial charge in [-0.25, -0.2) is 0 Å². The number of hydrogen-bond acceptors (Lipinski definition) is 7. The van der Waals surface area contributed by atoms with E-state index in [2.05, 4.69) is 53.0 Å². The fraction of sp³-hybridized carbons (Fsp3) is 0.217. The number of aromatic amines is 2. The Bertz CT molecular complexity index is 1430. The minimum absolute atomic E-state index is 0.608. The van der Waals surface area contributed by atoms with Crippen molar-refractivity contribution in [1.82, 2.24) is 35.0 Å². The highest BCUT2D eigenvalue weighted by Crippen LogP contribution is 2.34. The Morgan fingerprint density at radius 3 is 2.56 bits per heavy atom. The number of nitrogens with zero attached hydrogens (tertiary/aromatic N) is 6. The van der Waals surface area contributed by atoms with Gasteiger partial charge in [0.05, 0.1) is 52.4 Å². The van der Waals surface area contributed by atoms with Gasteiger partial charge < -0.3 is 20.5 Å². The second-order valence-corrected chi connectivity index (χ2v) is 8.29. The van der Waals surface area contributed by atoms with Gasteiger partial charge in [-0.3, -0.25) is 20.1 Å². The van der Waals surface area contributed by atoms with E-state index in [9.17, 15) is 0 Å². The molecule has 0 bridgehead atoms. The molecule has 5 aromatic heterocycles. The number of aromatic nitrogens is 6. The third-order valence-corrected chi connectivity index (χ3v) is 6.13. The number of rotatable bonds is 3. The maximum atomic E-state index is 5.91. The van der Waals surface area contributed by atoms with Gasteiger partial charge in [-0.1, -0.05) is 0 Å². The van der Waals surface area contributed by atoms with Gasteiger partial charge in [0.25, 0.3) is 0 Å². The number of piperazine rings is 1. The average molecular weight is 426 g/mol. The molecular weight excluding hydrogens is 402 g/mol. The molecule has 6 rings (SSSR count). The highest BCUT2D eigenvalue weighted by Gasteiger charge is 2.19. The molecule has 1 aliphatic heterocycles. The fourth-order valence-corrected chi connectivity index (χ4v) is 4.34. The van der Waals surface area contributed by atoms with Crippen molar-refractivity contribution in [2.75, 3.05) is 43.9 Å². The maximum Gasteiger partial charge on any atom is 0.116 e. The quantitative estimate of drug-likeness (QED) is 0.407. The largest absolute Gasteiger partial charge is 0.397 e. The Hall–Kier alpha value is -3.98. The molecule has 4 N–H and O–H groups in total. The van der Waals surface area contributed by atoms with Crippen LogP contribution in [0.15, 0.2) is 49.2 Å². The fourth-order valence-electron chi connectivity index (χ4n) is 4.34. The lowest BCUT2D eigenvalue weighted by Crippen LogP contribution is -2.44. The molecule has 0 spiro atoms. The van der Waals surface area contributed by atoms with Crippen LogP contribution in [-0.4, -0.2) is 68.3 Å². The molecule has 32 heavy (non-hydrogen) atoms. The number of anilines is 2. The third kappa shape index (κ3) is 3.14. The van der Waals surface area contributed by atoms with E-state index in [1.54, 1.807) is 18.6 Å². The minimum Gasteiger partial charge on any atom is -0.397 e. The minimum atomic E-state index is 0.608. The number of nitrogen functional groups attached to an aromatic ring is 1. The van der Waals surface area contributed by atoms with Crippen molar-refractivity contribution >= 4 is 33.2 Å². The van der Waals surface area contributed by atoms with Crippen LogP contribution in [0.1, 0.15) is 0 Å². The second-order valence-electron chi connectivity index (χ2n) is 8.29. The Morgan fingerprint density at radius 1 is 0.875 bits per heavy atom. The van der Waals surface area contributed by atoms with Gasteiger partial charge in [0.2, 0.25) is 0 Å². The Labute approximate surface area is 184 Å². The van der Waals surface area contributed by atoms with Gasteiger partial charge in [0.1, 0.15) is 5.69 Å². The summed E-state index contributed by atoms with van der Waals surface area (Å²) in [7, 11) is 2.16. The van der Waals surface area contributed by atoms with Crippen molar-refractivity contribution in [3.8, 4) is 22.6 Å². The standard InChI is InChI=1S/C23H23N9/c1-31-2-4-32(5-3-31)22-13-26-11-20-16(22)7-19(28-20)23-17-8-18(27-12-21(17)29-30-23)14-6-15(24)10-25-9-14/h6-13,28H,2-5,24H2,1H3,(H,29,30). The summed E-state index contributed by atoms with van der Waals surface area (Å²) in [6.07, 6.45) is 9.02. The third-order valence-electron chi connectivity index (χ3n) is 6.13. The van der Waals surface area contributed by atoms with E-state index in [0.717, 1.165) is 76.3 Å². The van der Waals surface area contributed by atoms with Crippen LogP contribution < -0.4 is 10.6 Å². The van der Waals surface area contributed by atoms with Crippen molar-refractivity contribution in [3.63, 3.8) is 0 Å². The first-order chi connectivity index (χ1) is 15.7. The van der Waals surface area contributed by atoms with Gasteiger partial charge in [0, 0.05) is 54.9 Å². The predicted molar refractivity (Wildman–Crippen MR) is 126 cm³/mol. The van der Waals surface area contributed by atoms with E-state index in [4.69, 9.17) is 5.73 Å². The lowest BCUT2D eigenvalue weighted by molar-refractivity contribution is 0.313. The molecular formula is C23H23N9. The van der Waals surface area contributed by atoms with E-state index in [0.29, 0.717) is 5.69 Å². The number of nitrogens with two attached hydrogens (primary N) is 1. The van der Waals surface area contributed by atoms with Gasteiger partial charge in [-0.2, -0.15) is 5.10 Å².